The molecule has 0 aliphatic carbocycles. The minimum Gasteiger partial charge on any atom is -0.496 e. The standard InChI is InChI=1S/C22H23N3O2/c1-15-10-16(2)12-19(11-15)25-22(26)20-9-8-18(14-24-20)23-13-17-6-4-5-7-21(17)27-3/h4-12,14,23H,13H2,1-3H3,(H,25,26). The number of para-hydroxylation sites is 1. The van der Waals surface area contributed by atoms with Crippen molar-refractivity contribution < 1.29 is 9.53 Å². The van der Waals surface area contributed by atoms with Gasteiger partial charge in [-0.05, 0) is 55.3 Å². The molecule has 0 bridgehead atoms. The van der Waals surface area contributed by atoms with Crippen LogP contribution in [0.1, 0.15) is 27.2 Å². The van der Waals surface area contributed by atoms with Gasteiger partial charge in [0.15, 0.2) is 0 Å². The number of nitrogens with zero attached hydrogens (tertiary/aromatic N) is 1. The number of nitrogens with one attached hydrogen (secondary N) is 2. The Bertz CT molecular complexity index is 916. The summed E-state index contributed by atoms with van der Waals surface area (Å²) in [5, 5.41) is 6.19. The Morgan fingerprint density at radius 3 is 2.41 bits per heavy atom. The van der Waals surface area contributed by atoms with Crippen LogP contribution in [-0.2, 0) is 6.54 Å². The van der Waals surface area contributed by atoms with Crippen molar-refractivity contribution in [2.45, 2.75) is 20.4 Å². The van der Waals surface area contributed by atoms with E-state index in [-0.39, 0.29) is 5.91 Å². The molecule has 138 valence electrons. The highest BCUT2D eigenvalue weighted by Gasteiger charge is 2.09. The molecule has 0 atom stereocenters. The van der Waals surface area contributed by atoms with E-state index in [1.165, 1.54) is 0 Å². The van der Waals surface area contributed by atoms with Gasteiger partial charge in [0.25, 0.3) is 5.91 Å². The first kappa shape index (κ1) is 18.5. The largest absolute Gasteiger partial charge is 0.496 e. The van der Waals surface area contributed by atoms with Crippen molar-refractivity contribution in [1.29, 1.82) is 0 Å². The van der Waals surface area contributed by atoms with Crippen LogP contribution in [0.4, 0.5) is 11.4 Å². The zero-order valence-corrected chi connectivity index (χ0v) is 15.7. The molecule has 0 fully saturated rings. The first-order chi connectivity index (χ1) is 13.0. The molecule has 5 heteroatoms. The van der Waals surface area contributed by atoms with E-state index < -0.39 is 0 Å². The van der Waals surface area contributed by atoms with Crippen LogP contribution in [0.5, 0.6) is 5.75 Å². The van der Waals surface area contributed by atoms with Gasteiger partial charge in [-0.3, -0.25) is 4.79 Å². The Kier molecular flexibility index (Phi) is 5.71. The minimum absolute atomic E-state index is 0.226. The third-order valence-electron chi connectivity index (χ3n) is 4.15. The Morgan fingerprint density at radius 2 is 1.74 bits per heavy atom. The van der Waals surface area contributed by atoms with Gasteiger partial charge in [0.1, 0.15) is 11.4 Å². The number of pyridine rings is 1. The lowest BCUT2D eigenvalue weighted by Crippen LogP contribution is -2.14. The second-order valence-corrected chi connectivity index (χ2v) is 6.43. The van der Waals surface area contributed by atoms with Crippen LogP contribution in [0.15, 0.2) is 60.8 Å². The number of benzene rings is 2. The average molecular weight is 361 g/mol. The number of ether oxygens (including phenoxy) is 1. The van der Waals surface area contributed by atoms with Gasteiger partial charge < -0.3 is 15.4 Å². The van der Waals surface area contributed by atoms with Gasteiger partial charge in [-0.25, -0.2) is 4.98 Å². The van der Waals surface area contributed by atoms with Crippen LogP contribution in [0.2, 0.25) is 0 Å². The van der Waals surface area contributed by atoms with Crippen molar-refractivity contribution in [3.63, 3.8) is 0 Å². The van der Waals surface area contributed by atoms with Gasteiger partial charge in [-0.15, -0.1) is 0 Å². The van der Waals surface area contributed by atoms with Crippen molar-refractivity contribution in [1.82, 2.24) is 4.98 Å². The highest BCUT2D eigenvalue weighted by Crippen LogP contribution is 2.19. The van der Waals surface area contributed by atoms with E-state index in [0.717, 1.165) is 33.8 Å². The number of aromatic nitrogens is 1. The summed E-state index contributed by atoms with van der Waals surface area (Å²) < 4.78 is 5.35. The lowest BCUT2D eigenvalue weighted by molar-refractivity contribution is 0.102. The van der Waals surface area contributed by atoms with Gasteiger partial charge in [0.2, 0.25) is 0 Å². The van der Waals surface area contributed by atoms with Crippen LogP contribution in [0, 0.1) is 13.8 Å². The highest BCUT2D eigenvalue weighted by molar-refractivity contribution is 6.03. The van der Waals surface area contributed by atoms with E-state index in [2.05, 4.69) is 21.7 Å². The molecule has 0 radical (unpaired) electrons. The molecule has 0 saturated heterocycles. The van der Waals surface area contributed by atoms with Gasteiger partial charge >= 0.3 is 0 Å². The monoisotopic (exact) mass is 361 g/mol. The molecule has 0 unspecified atom stereocenters. The van der Waals surface area contributed by atoms with E-state index in [0.29, 0.717) is 12.2 Å². The van der Waals surface area contributed by atoms with Gasteiger partial charge in [-0.1, -0.05) is 24.3 Å². The van der Waals surface area contributed by atoms with E-state index in [4.69, 9.17) is 4.74 Å². The average Bonchev–Trinajstić information content (AvgIpc) is 2.66. The molecule has 3 rings (SSSR count). The third-order valence-corrected chi connectivity index (χ3v) is 4.15. The maximum atomic E-state index is 12.4. The molecule has 1 aromatic heterocycles. The topological polar surface area (TPSA) is 63.2 Å². The number of hydrogen-bond acceptors (Lipinski definition) is 4. The molecule has 0 aliphatic heterocycles. The van der Waals surface area contributed by atoms with Crippen LogP contribution < -0.4 is 15.4 Å². The Hall–Kier alpha value is -3.34. The summed E-state index contributed by atoms with van der Waals surface area (Å²) in [6.45, 7) is 4.62. The summed E-state index contributed by atoms with van der Waals surface area (Å²) in [5.41, 5.74) is 5.25. The number of amides is 1. The van der Waals surface area contributed by atoms with E-state index in [1.54, 1.807) is 19.4 Å². The summed E-state index contributed by atoms with van der Waals surface area (Å²) in [7, 11) is 1.66. The SMILES string of the molecule is COc1ccccc1CNc1ccc(C(=O)Nc2cc(C)cc(C)c2)nc1. The predicted octanol–water partition coefficient (Wildman–Crippen LogP) is 4.57. The van der Waals surface area contributed by atoms with Crippen molar-refractivity contribution >= 4 is 17.3 Å². The maximum absolute atomic E-state index is 12.4. The maximum Gasteiger partial charge on any atom is 0.274 e. The van der Waals surface area contributed by atoms with E-state index in [1.807, 2.05) is 56.3 Å². The number of methoxy groups -OCH3 is 1. The fraction of sp³-hybridized carbons (Fsp3) is 0.182. The number of aryl methyl sites for hydroxylation is 2. The van der Waals surface area contributed by atoms with Crippen LogP contribution in [0.25, 0.3) is 0 Å². The summed E-state index contributed by atoms with van der Waals surface area (Å²) in [5.74, 6) is 0.610. The first-order valence-corrected chi connectivity index (χ1v) is 8.76. The van der Waals surface area contributed by atoms with E-state index >= 15 is 0 Å². The molecule has 5 nitrogen and oxygen atoms in total. The number of hydrogen-bond donors (Lipinski definition) is 2. The van der Waals surface area contributed by atoms with Crippen molar-refractivity contribution in [3.8, 4) is 5.75 Å². The molecule has 1 amide bonds. The number of carbonyl (C=O) groups is 1. The predicted molar refractivity (Wildman–Crippen MR) is 108 cm³/mol. The number of rotatable bonds is 6. The smallest absolute Gasteiger partial charge is 0.274 e. The molecule has 27 heavy (non-hydrogen) atoms. The van der Waals surface area contributed by atoms with Crippen LogP contribution >= 0.6 is 0 Å². The lowest BCUT2D eigenvalue weighted by atomic mass is 10.1. The second kappa shape index (κ2) is 8.36. The lowest BCUT2D eigenvalue weighted by Gasteiger charge is -2.11. The summed E-state index contributed by atoms with van der Waals surface area (Å²) in [6, 6.07) is 17.3. The highest BCUT2D eigenvalue weighted by atomic mass is 16.5. The zero-order valence-electron chi connectivity index (χ0n) is 15.7. The fourth-order valence-electron chi connectivity index (χ4n) is 2.92. The Balaban J connectivity index is 1.63. The van der Waals surface area contributed by atoms with Crippen LogP contribution in [0.3, 0.4) is 0 Å². The number of anilines is 2. The normalized spacial score (nSPS) is 10.3. The molecule has 0 aliphatic rings. The van der Waals surface area contributed by atoms with Gasteiger partial charge in [0.05, 0.1) is 19.0 Å². The van der Waals surface area contributed by atoms with Crippen molar-refractivity contribution in [3.05, 3.63) is 83.2 Å². The van der Waals surface area contributed by atoms with Gasteiger partial charge in [0, 0.05) is 17.8 Å². The molecule has 3 aromatic rings. The number of carbonyl (C=O) groups excluding carboxylic acids is 1. The molecular formula is C22H23N3O2. The third kappa shape index (κ3) is 4.85. The first-order valence-electron chi connectivity index (χ1n) is 8.76. The summed E-state index contributed by atoms with van der Waals surface area (Å²) in [6.07, 6.45) is 1.66. The Labute approximate surface area is 159 Å². The van der Waals surface area contributed by atoms with E-state index in [9.17, 15) is 4.79 Å². The molecule has 0 spiro atoms. The molecule has 0 saturated carbocycles. The summed E-state index contributed by atoms with van der Waals surface area (Å²) in [4.78, 5) is 16.7. The molecule has 2 N–H and O–H groups in total. The summed E-state index contributed by atoms with van der Waals surface area (Å²) >= 11 is 0. The minimum atomic E-state index is -0.226. The fourth-order valence-corrected chi connectivity index (χ4v) is 2.92. The molecule has 2 aromatic carbocycles. The quantitative estimate of drug-likeness (QED) is 0.675. The molecule has 1 heterocycles. The Morgan fingerprint density at radius 1 is 1.00 bits per heavy atom. The zero-order chi connectivity index (χ0) is 19.2. The van der Waals surface area contributed by atoms with Crippen LogP contribution in [-0.4, -0.2) is 18.0 Å². The van der Waals surface area contributed by atoms with Crippen molar-refractivity contribution in [2.24, 2.45) is 0 Å². The van der Waals surface area contributed by atoms with Crippen molar-refractivity contribution in [2.75, 3.05) is 17.7 Å². The molecular weight excluding hydrogens is 338 g/mol. The second-order valence-electron chi connectivity index (χ2n) is 6.43. The van der Waals surface area contributed by atoms with Gasteiger partial charge in [-0.2, -0.15) is 0 Å².